The minimum absolute atomic E-state index is 0.180. The zero-order valence-corrected chi connectivity index (χ0v) is 14.6. The summed E-state index contributed by atoms with van der Waals surface area (Å²) >= 11 is 0. The summed E-state index contributed by atoms with van der Waals surface area (Å²) in [4.78, 5) is 0. The number of phenols is 1. The molecule has 1 aliphatic carbocycles. The lowest BCUT2D eigenvalue weighted by molar-refractivity contribution is 0.00578. The van der Waals surface area contributed by atoms with Gasteiger partial charge in [0.15, 0.2) is 0 Å². The van der Waals surface area contributed by atoms with E-state index in [1.54, 1.807) is 6.07 Å². The third-order valence-corrected chi connectivity index (χ3v) is 5.36. The number of hydrogen-bond acceptors (Lipinski definition) is 4. The molecule has 0 radical (unpaired) electrons. The Morgan fingerprint density at radius 2 is 1.65 bits per heavy atom. The maximum atomic E-state index is 10.2. The molecule has 23 heavy (non-hydrogen) atoms. The van der Waals surface area contributed by atoms with Gasteiger partial charge < -0.3 is 19.2 Å². The fourth-order valence-electron chi connectivity index (χ4n) is 3.14. The van der Waals surface area contributed by atoms with Crippen LogP contribution in [0.1, 0.15) is 59.8 Å². The SMILES string of the molecule is CC1(C)OB(c2cc(OC3CCCCC3)ccc2O)OC1(C)C. The van der Waals surface area contributed by atoms with E-state index >= 15 is 0 Å². The molecule has 0 atom stereocenters. The van der Waals surface area contributed by atoms with Crippen molar-refractivity contribution in [2.24, 2.45) is 0 Å². The summed E-state index contributed by atoms with van der Waals surface area (Å²) in [6, 6.07) is 5.34. The second-order valence-electron chi connectivity index (χ2n) is 7.69. The van der Waals surface area contributed by atoms with E-state index in [9.17, 15) is 5.11 Å². The summed E-state index contributed by atoms with van der Waals surface area (Å²) < 4.78 is 18.2. The summed E-state index contributed by atoms with van der Waals surface area (Å²) in [6.07, 6.45) is 6.24. The number of phenolic OH excluding ortho intramolecular Hbond substituents is 1. The number of aromatic hydroxyl groups is 1. The molecule has 2 fully saturated rings. The summed E-state index contributed by atoms with van der Waals surface area (Å²) in [5.74, 6) is 0.957. The highest BCUT2D eigenvalue weighted by molar-refractivity contribution is 6.63. The Labute approximate surface area is 139 Å². The van der Waals surface area contributed by atoms with Crippen LogP contribution >= 0.6 is 0 Å². The average Bonchev–Trinajstić information content (AvgIpc) is 2.70. The first kappa shape index (κ1) is 16.7. The van der Waals surface area contributed by atoms with Gasteiger partial charge >= 0.3 is 7.12 Å². The van der Waals surface area contributed by atoms with Gasteiger partial charge in [0.1, 0.15) is 11.5 Å². The molecule has 1 aromatic rings. The molecule has 0 spiro atoms. The molecule has 0 bridgehead atoms. The molecule has 3 rings (SSSR count). The van der Waals surface area contributed by atoms with Crippen LogP contribution < -0.4 is 10.2 Å². The molecule has 0 amide bonds. The molecule has 2 aliphatic rings. The van der Waals surface area contributed by atoms with Gasteiger partial charge in [0, 0.05) is 5.46 Å². The van der Waals surface area contributed by atoms with Gasteiger partial charge in [-0.05, 0) is 71.6 Å². The highest BCUT2D eigenvalue weighted by atomic mass is 16.7. The maximum Gasteiger partial charge on any atom is 0.498 e. The van der Waals surface area contributed by atoms with E-state index in [0.717, 1.165) is 18.6 Å². The predicted octanol–water partition coefficient (Wildman–Crippen LogP) is 3.40. The zero-order chi connectivity index (χ0) is 16.7. The smallest absolute Gasteiger partial charge is 0.498 e. The van der Waals surface area contributed by atoms with Crippen molar-refractivity contribution in [3.8, 4) is 11.5 Å². The minimum Gasteiger partial charge on any atom is -0.508 e. The lowest BCUT2D eigenvalue weighted by atomic mass is 9.78. The van der Waals surface area contributed by atoms with Crippen molar-refractivity contribution in [1.82, 2.24) is 0 Å². The lowest BCUT2D eigenvalue weighted by Gasteiger charge is -2.32. The third kappa shape index (κ3) is 3.36. The Kier molecular flexibility index (Phi) is 4.36. The Balaban J connectivity index is 1.78. The molecule has 5 heteroatoms. The normalized spacial score (nSPS) is 23.9. The van der Waals surface area contributed by atoms with E-state index < -0.39 is 18.3 Å². The third-order valence-electron chi connectivity index (χ3n) is 5.36. The lowest BCUT2D eigenvalue weighted by Crippen LogP contribution is -2.41. The molecular weight excluding hydrogens is 291 g/mol. The topological polar surface area (TPSA) is 47.9 Å². The van der Waals surface area contributed by atoms with E-state index in [2.05, 4.69) is 0 Å². The Bertz CT molecular complexity index is 548. The summed E-state index contributed by atoms with van der Waals surface area (Å²) in [5, 5.41) is 10.2. The van der Waals surface area contributed by atoms with Crippen LogP contribution in [-0.4, -0.2) is 29.5 Å². The average molecular weight is 318 g/mol. The van der Waals surface area contributed by atoms with Crippen LogP contribution in [0.5, 0.6) is 11.5 Å². The fraction of sp³-hybridized carbons (Fsp3) is 0.667. The van der Waals surface area contributed by atoms with Crippen LogP contribution in [0.25, 0.3) is 0 Å². The maximum absolute atomic E-state index is 10.2. The summed E-state index contributed by atoms with van der Waals surface area (Å²) in [6.45, 7) is 8.03. The molecular formula is C18H27BO4. The molecule has 0 unspecified atom stereocenters. The highest BCUT2D eigenvalue weighted by Crippen LogP contribution is 2.37. The summed E-state index contributed by atoms with van der Waals surface area (Å²) in [7, 11) is -0.574. The van der Waals surface area contributed by atoms with Gasteiger partial charge in [0.2, 0.25) is 0 Å². The molecule has 1 heterocycles. The molecule has 1 saturated heterocycles. The Hall–Kier alpha value is -1.20. The predicted molar refractivity (Wildman–Crippen MR) is 91.3 cm³/mol. The van der Waals surface area contributed by atoms with Crippen molar-refractivity contribution in [3.63, 3.8) is 0 Å². The van der Waals surface area contributed by atoms with Gasteiger partial charge in [-0.25, -0.2) is 0 Å². The Morgan fingerprint density at radius 1 is 1.04 bits per heavy atom. The van der Waals surface area contributed by atoms with E-state index in [1.165, 1.54) is 19.3 Å². The largest absolute Gasteiger partial charge is 0.508 e. The molecule has 126 valence electrons. The fourth-order valence-corrected chi connectivity index (χ4v) is 3.14. The van der Waals surface area contributed by atoms with Crippen molar-refractivity contribution >= 4 is 12.6 Å². The van der Waals surface area contributed by atoms with Crippen LogP contribution in [-0.2, 0) is 9.31 Å². The second-order valence-corrected chi connectivity index (χ2v) is 7.69. The zero-order valence-electron chi connectivity index (χ0n) is 14.6. The van der Waals surface area contributed by atoms with Crippen LogP contribution in [0.2, 0.25) is 0 Å². The van der Waals surface area contributed by atoms with Crippen molar-refractivity contribution in [2.45, 2.75) is 77.1 Å². The first-order valence-electron chi connectivity index (χ1n) is 8.64. The van der Waals surface area contributed by atoms with Crippen LogP contribution in [0, 0.1) is 0 Å². The Morgan fingerprint density at radius 3 is 2.26 bits per heavy atom. The van der Waals surface area contributed by atoms with Crippen LogP contribution in [0.3, 0.4) is 0 Å². The van der Waals surface area contributed by atoms with Gasteiger partial charge in [-0.3, -0.25) is 0 Å². The van der Waals surface area contributed by atoms with E-state index in [4.69, 9.17) is 14.0 Å². The molecule has 1 aliphatic heterocycles. The van der Waals surface area contributed by atoms with Gasteiger partial charge in [-0.1, -0.05) is 6.42 Å². The first-order valence-corrected chi connectivity index (χ1v) is 8.64. The van der Waals surface area contributed by atoms with Gasteiger partial charge in [-0.2, -0.15) is 0 Å². The van der Waals surface area contributed by atoms with Crippen LogP contribution in [0.15, 0.2) is 18.2 Å². The van der Waals surface area contributed by atoms with Crippen molar-refractivity contribution < 1.29 is 19.2 Å². The van der Waals surface area contributed by atoms with Crippen molar-refractivity contribution in [3.05, 3.63) is 18.2 Å². The number of ether oxygens (including phenoxy) is 1. The number of hydrogen-bond donors (Lipinski definition) is 1. The molecule has 1 N–H and O–H groups in total. The molecule has 1 aromatic carbocycles. The molecule has 0 aromatic heterocycles. The highest BCUT2D eigenvalue weighted by Gasteiger charge is 2.52. The second kappa shape index (κ2) is 6.02. The van der Waals surface area contributed by atoms with Gasteiger partial charge in [-0.15, -0.1) is 0 Å². The van der Waals surface area contributed by atoms with E-state index in [-0.39, 0.29) is 11.9 Å². The molecule has 4 nitrogen and oxygen atoms in total. The monoisotopic (exact) mass is 318 g/mol. The molecule has 1 saturated carbocycles. The quantitative estimate of drug-likeness (QED) is 0.868. The summed E-state index contributed by atoms with van der Waals surface area (Å²) in [5.41, 5.74) is -0.216. The number of rotatable bonds is 3. The van der Waals surface area contributed by atoms with Gasteiger partial charge in [0.25, 0.3) is 0 Å². The number of benzene rings is 1. The van der Waals surface area contributed by atoms with E-state index in [1.807, 2.05) is 39.8 Å². The first-order chi connectivity index (χ1) is 10.8. The minimum atomic E-state index is -0.574. The van der Waals surface area contributed by atoms with Crippen LogP contribution in [0.4, 0.5) is 0 Å². The van der Waals surface area contributed by atoms with Crippen molar-refractivity contribution in [2.75, 3.05) is 0 Å². The van der Waals surface area contributed by atoms with Gasteiger partial charge in [0.05, 0.1) is 17.3 Å². The standard InChI is InChI=1S/C18H27BO4/c1-17(2)18(3,4)23-19(22-17)15-12-14(10-11-16(15)20)21-13-8-6-5-7-9-13/h10-13,20H,5-9H2,1-4H3. The van der Waals surface area contributed by atoms with Crippen molar-refractivity contribution in [1.29, 1.82) is 0 Å². The van der Waals surface area contributed by atoms with E-state index in [0.29, 0.717) is 5.46 Å².